The van der Waals surface area contributed by atoms with Gasteiger partial charge in [-0.1, -0.05) is 109 Å². The molecule has 0 radical (unpaired) electrons. The minimum Gasteiger partial charge on any atom is -0.0617 e. The molecular formula is C44H32. The minimum atomic E-state index is 1.30. The highest BCUT2D eigenvalue weighted by molar-refractivity contribution is 6.36. The molecule has 0 aromatic heterocycles. The number of hydrogen-bond acceptors (Lipinski definition) is 0. The molecule has 9 aromatic carbocycles. The van der Waals surface area contributed by atoms with Crippen LogP contribution in [-0.2, 0) is 0 Å². The van der Waals surface area contributed by atoms with Crippen molar-refractivity contribution in [3.8, 4) is 22.3 Å². The van der Waals surface area contributed by atoms with Crippen molar-refractivity contribution in [1.82, 2.24) is 0 Å². The van der Waals surface area contributed by atoms with Crippen molar-refractivity contribution in [1.29, 1.82) is 0 Å². The van der Waals surface area contributed by atoms with Crippen LogP contribution in [0.2, 0.25) is 0 Å². The number of hydrogen-bond donors (Lipinski definition) is 0. The van der Waals surface area contributed by atoms with Crippen molar-refractivity contribution in [2.45, 2.75) is 27.7 Å². The summed E-state index contributed by atoms with van der Waals surface area (Å²) in [7, 11) is 0. The maximum atomic E-state index is 2.53. The first-order chi connectivity index (χ1) is 21.5. The second-order valence-electron chi connectivity index (χ2n) is 12.6. The van der Waals surface area contributed by atoms with Crippen LogP contribution in [0.25, 0.3) is 86.9 Å². The highest BCUT2D eigenvalue weighted by Crippen LogP contribution is 2.50. The molecule has 0 spiro atoms. The van der Waals surface area contributed by atoms with Crippen LogP contribution in [0.1, 0.15) is 22.3 Å². The van der Waals surface area contributed by atoms with Gasteiger partial charge in [-0.2, -0.15) is 0 Å². The molecule has 0 N–H and O–H groups in total. The molecule has 0 saturated heterocycles. The normalized spacial score (nSPS) is 12.1. The van der Waals surface area contributed by atoms with E-state index in [1.54, 1.807) is 0 Å². The zero-order valence-corrected chi connectivity index (χ0v) is 25.5. The summed E-state index contributed by atoms with van der Waals surface area (Å²) < 4.78 is 0. The van der Waals surface area contributed by atoms with Gasteiger partial charge in [-0.05, 0) is 149 Å². The van der Waals surface area contributed by atoms with E-state index in [0.29, 0.717) is 0 Å². The lowest BCUT2D eigenvalue weighted by Crippen LogP contribution is -1.97. The summed E-state index contributed by atoms with van der Waals surface area (Å²) in [5.74, 6) is 0. The van der Waals surface area contributed by atoms with Gasteiger partial charge in [0.1, 0.15) is 0 Å². The predicted octanol–water partition coefficient (Wildman–Crippen LogP) is 12.6. The molecule has 0 bridgehead atoms. The fourth-order valence-electron chi connectivity index (χ4n) is 8.23. The van der Waals surface area contributed by atoms with Gasteiger partial charge in [0, 0.05) is 0 Å². The van der Waals surface area contributed by atoms with Gasteiger partial charge in [0.25, 0.3) is 0 Å². The molecule has 0 aliphatic heterocycles. The van der Waals surface area contributed by atoms with Crippen molar-refractivity contribution in [3.05, 3.63) is 144 Å². The van der Waals surface area contributed by atoms with E-state index in [0.717, 1.165) is 0 Å². The maximum Gasteiger partial charge on any atom is -0.00203 e. The maximum absolute atomic E-state index is 2.53. The molecule has 0 heteroatoms. The highest BCUT2D eigenvalue weighted by Gasteiger charge is 2.22. The Morgan fingerprint density at radius 1 is 0.273 bits per heavy atom. The van der Waals surface area contributed by atoms with E-state index in [9.17, 15) is 0 Å². The molecule has 9 aromatic rings. The zero-order chi connectivity index (χ0) is 29.7. The third-order valence-corrected chi connectivity index (χ3v) is 10.1. The number of rotatable bonds is 2. The fourth-order valence-corrected chi connectivity index (χ4v) is 8.23. The Labute approximate surface area is 257 Å². The minimum absolute atomic E-state index is 1.30. The fraction of sp³-hybridized carbons (Fsp3) is 0.0909. The Bertz CT molecular complexity index is 2410. The Kier molecular flexibility index (Phi) is 5.26. The molecule has 0 aliphatic carbocycles. The van der Waals surface area contributed by atoms with Crippen LogP contribution in [0.4, 0.5) is 0 Å². The van der Waals surface area contributed by atoms with Crippen LogP contribution in [0.15, 0.2) is 121 Å². The van der Waals surface area contributed by atoms with Crippen molar-refractivity contribution in [2.24, 2.45) is 0 Å². The first-order valence-electron chi connectivity index (χ1n) is 15.6. The first kappa shape index (κ1) is 25.3. The molecule has 9 rings (SSSR count). The van der Waals surface area contributed by atoms with Crippen molar-refractivity contribution in [3.63, 3.8) is 0 Å². The van der Waals surface area contributed by atoms with Crippen LogP contribution in [0.5, 0.6) is 0 Å². The summed E-state index contributed by atoms with van der Waals surface area (Å²) in [6.07, 6.45) is 0. The molecule has 0 heterocycles. The molecule has 0 saturated carbocycles. The summed E-state index contributed by atoms with van der Waals surface area (Å²) in [5, 5.41) is 15.9. The Hall–Kier alpha value is -5.20. The average molecular weight is 561 g/mol. The second-order valence-corrected chi connectivity index (χ2v) is 12.6. The molecule has 44 heavy (non-hydrogen) atoms. The smallest absolute Gasteiger partial charge is 0.00203 e. The van der Waals surface area contributed by atoms with Crippen LogP contribution in [0, 0.1) is 27.7 Å². The second kappa shape index (κ2) is 9.15. The summed E-state index contributed by atoms with van der Waals surface area (Å²) in [6.45, 7) is 9.05. The molecule has 0 aliphatic rings. The zero-order valence-electron chi connectivity index (χ0n) is 25.5. The quantitative estimate of drug-likeness (QED) is 0.146. The Morgan fingerprint density at radius 3 is 1.05 bits per heavy atom. The Balaban J connectivity index is 1.63. The summed E-state index contributed by atoms with van der Waals surface area (Å²) in [4.78, 5) is 0. The molecule has 0 amide bonds. The van der Waals surface area contributed by atoms with Crippen LogP contribution >= 0.6 is 0 Å². The predicted molar refractivity (Wildman–Crippen MR) is 192 cm³/mol. The monoisotopic (exact) mass is 560 g/mol. The van der Waals surface area contributed by atoms with Gasteiger partial charge in [-0.3, -0.25) is 0 Å². The number of benzene rings is 9. The van der Waals surface area contributed by atoms with E-state index in [4.69, 9.17) is 0 Å². The van der Waals surface area contributed by atoms with Gasteiger partial charge >= 0.3 is 0 Å². The van der Waals surface area contributed by atoms with Gasteiger partial charge < -0.3 is 0 Å². The van der Waals surface area contributed by atoms with E-state index in [1.165, 1.54) is 109 Å². The van der Waals surface area contributed by atoms with Gasteiger partial charge in [-0.15, -0.1) is 0 Å². The summed E-state index contributed by atoms with van der Waals surface area (Å²) >= 11 is 0. The van der Waals surface area contributed by atoms with E-state index in [2.05, 4.69) is 149 Å². The van der Waals surface area contributed by atoms with Crippen LogP contribution in [0.3, 0.4) is 0 Å². The van der Waals surface area contributed by atoms with Crippen molar-refractivity contribution in [2.75, 3.05) is 0 Å². The molecular weight excluding hydrogens is 528 g/mol. The van der Waals surface area contributed by atoms with Gasteiger partial charge in [-0.25, -0.2) is 0 Å². The molecule has 208 valence electrons. The van der Waals surface area contributed by atoms with Crippen LogP contribution in [-0.4, -0.2) is 0 Å². The summed E-state index contributed by atoms with van der Waals surface area (Å²) in [6, 6.07) is 45.7. The van der Waals surface area contributed by atoms with Crippen molar-refractivity contribution < 1.29 is 0 Å². The standard InChI is InChI=1S/C44H32/c1-25-11-7-12-26(2)39(25)43-31-17-5-6-18-32(31)44(40-27(3)13-8-14-28(40)4)38-24-36-34-20-10-16-30-22-21-29-15-9-19-33(41(29)42(30)34)35(36)23-37(38)43/h5-24H,1-4H3. The topological polar surface area (TPSA) is 0 Å². The molecule has 0 fully saturated rings. The Morgan fingerprint density at radius 2 is 0.636 bits per heavy atom. The summed E-state index contributed by atoms with van der Waals surface area (Å²) in [5.41, 5.74) is 10.6. The number of aryl methyl sites for hydroxylation is 4. The number of fused-ring (bicyclic) bond motifs is 5. The largest absolute Gasteiger partial charge is 0.0617 e. The average Bonchev–Trinajstić information content (AvgIpc) is 3.04. The molecule has 0 nitrogen and oxygen atoms in total. The molecule has 0 unspecified atom stereocenters. The third kappa shape index (κ3) is 3.34. The van der Waals surface area contributed by atoms with E-state index in [-0.39, 0.29) is 0 Å². The van der Waals surface area contributed by atoms with E-state index in [1.807, 2.05) is 0 Å². The highest BCUT2D eigenvalue weighted by atomic mass is 14.3. The van der Waals surface area contributed by atoms with Gasteiger partial charge in [0.15, 0.2) is 0 Å². The van der Waals surface area contributed by atoms with E-state index < -0.39 is 0 Å². The van der Waals surface area contributed by atoms with E-state index >= 15 is 0 Å². The first-order valence-corrected chi connectivity index (χ1v) is 15.6. The van der Waals surface area contributed by atoms with Gasteiger partial charge in [0.2, 0.25) is 0 Å². The lowest BCUT2D eigenvalue weighted by atomic mass is 9.80. The lowest BCUT2D eigenvalue weighted by molar-refractivity contribution is 1.38. The van der Waals surface area contributed by atoms with Crippen molar-refractivity contribution >= 4 is 64.6 Å². The van der Waals surface area contributed by atoms with Crippen LogP contribution < -0.4 is 0 Å². The third-order valence-electron chi connectivity index (χ3n) is 10.1. The van der Waals surface area contributed by atoms with Gasteiger partial charge in [0.05, 0.1) is 0 Å². The lowest BCUT2D eigenvalue weighted by Gasteiger charge is -2.23. The SMILES string of the molecule is Cc1cccc(C)c1-c1c2ccccc2c(-c2c(C)cccc2C)c2cc3c(cc12)c1cccc2ccc4cccc3c4c21. The molecule has 0 atom stereocenters.